The Morgan fingerprint density at radius 3 is 1.57 bits per heavy atom. The molecule has 0 aliphatic carbocycles. The van der Waals surface area contributed by atoms with Gasteiger partial charge in [-0.2, -0.15) is 0 Å². The van der Waals surface area contributed by atoms with Gasteiger partial charge in [0.15, 0.2) is 0 Å². The lowest BCUT2D eigenvalue weighted by molar-refractivity contribution is 0.0183. The van der Waals surface area contributed by atoms with Gasteiger partial charge in [-0.1, -0.05) is 0 Å². The van der Waals surface area contributed by atoms with Crippen molar-refractivity contribution in [1.29, 1.82) is 0 Å². The molecular formula is C4H12O3. The van der Waals surface area contributed by atoms with Crippen LogP contribution in [0.5, 0.6) is 0 Å². The third kappa shape index (κ3) is 10.7. The molecule has 3 nitrogen and oxygen atoms in total. The van der Waals surface area contributed by atoms with E-state index in [0.29, 0.717) is 0 Å². The van der Waals surface area contributed by atoms with Gasteiger partial charge in [0.2, 0.25) is 0 Å². The largest absolute Gasteiger partial charge is 0.412 e. The molecule has 0 aromatic heterocycles. The SMILES string of the molecule is CC(C)(O)CO.O. The van der Waals surface area contributed by atoms with E-state index in [1.165, 1.54) is 0 Å². The van der Waals surface area contributed by atoms with E-state index in [9.17, 15) is 0 Å². The molecule has 0 spiro atoms. The van der Waals surface area contributed by atoms with E-state index in [0.717, 1.165) is 0 Å². The summed E-state index contributed by atoms with van der Waals surface area (Å²) >= 11 is 0. The first kappa shape index (κ1) is 9.99. The van der Waals surface area contributed by atoms with Crippen molar-refractivity contribution < 1.29 is 15.7 Å². The van der Waals surface area contributed by atoms with Crippen LogP contribution in [-0.4, -0.2) is 27.9 Å². The van der Waals surface area contributed by atoms with Gasteiger partial charge in [-0.15, -0.1) is 0 Å². The number of hydrogen-bond donors (Lipinski definition) is 2. The zero-order valence-electron chi connectivity index (χ0n) is 4.60. The smallest absolute Gasteiger partial charge is 0.0821 e. The molecule has 0 amide bonds. The van der Waals surface area contributed by atoms with Crippen molar-refractivity contribution in [3.63, 3.8) is 0 Å². The van der Waals surface area contributed by atoms with Crippen LogP contribution in [0.25, 0.3) is 0 Å². The van der Waals surface area contributed by atoms with Gasteiger partial charge in [0.1, 0.15) is 0 Å². The molecule has 0 saturated heterocycles. The van der Waals surface area contributed by atoms with Crippen molar-refractivity contribution in [2.75, 3.05) is 6.61 Å². The summed E-state index contributed by atoms with van der Waals surface area (Å²) in [6.07, 6.45) is 0. The predicted molar refractivity (Wildman–Crippen MR) is 27.0 cm³/mol. The summed E-state index contributed by atoms with van der Waals surface area (Å²) < 4.78 is 0. The van der Waals surface area contributed by atoms with E-state index in [1.807, 2.05) is 0 Å². The third-order valence-corrected chi connectivity index (χ3v) is 0.387. The molecule has 0 radical (unpaired) electrons. The second kappa shape index (κ2) is 2.96. The van der Waals surface area contributed by atoms with Crippen molar-refractivity contribution in [3.05, 3.63) is 0 Å². The van der Waals surface area contributed by atoms with Crippen LogP contribution in [0.3, 0.4) is 0 Å². The minimum atomic E-state index is -0.903. The average molecular weight is 108 g/mol. The van der Waals surface area contributed by atoms with E-state index < -0.39 is 5.60 Å². The van der Waals surface area contributed by atoms with Crippen molar-refractivity contribution >= 4 is 0 Å². The molecule has 46 valence electrons. The summed E-state index contributed by atoms with van der Waals surface area (Å²) in [5.41, 5.74) is -0.903. The van der Waals surface area contributed by atoms with Crippen molar-refractivity contribution in [3.8, 4) is 0 Å². The van der Waals surface area contributed by atoms with Crippen LogP contribution in [0.1, 0.15) is 13.8 Å². The molecule has 0 fully saturated rings. The summed E-state index contributed by atoms with van der Waals surface area (Å²) in [6, 6.07) is 0. The average Bonchev–Trinajstić information content (AvgIpc) is 1.35. The lowest BCUT2D eigenvalue weighted by Crippen LogP contribution is -2.23. The monoisotopic (exact) mass is 108 g/mol. The Hall–Kier alpha value is -0.120. The Kier molecular flexibility index (Phi) is 4.22. The standard InChI is InChI=1S/C4H10O2.H2O/c1-4(2,6)3-5;/h5-6H,3H2,1-2H3;1H2. The predicted octanol–water partition coefficient (Wildman–Crippen LogP) is -1.08. The van der Waals surface area contributed by atoms with Gasteiger partial charge in [-0.3, -0.25) is 0 Å². The lowest BCUT2D eigenvalue weighted by atomic mass is 10.2. The fourth-order valence-electron chi connectivity index (χ4n) is 0. The van der Waals surface area contributed by atoms with E-state index in [1.54, 1.807) is 13.8 Å². The molecule has 0 aromatic rings. The van der Waals surface area contributed by atoms with Crippen molar-refractivity contribution in [1.82, 2.24) is 0 Å². The van der Waals surface area contributed by atoms with Crippen molar-refractivity contribution in [2.45, 2.75) is 19.4 Å². The zero-order valence-corrected chi connectivity index (χ0v) is 4.60. The molecule has 0 saturated carbocycles. The van der Waals surface area contributed by atoms with E-state index in [-0.39, 0.29) is 12.1 Å². The van der Waals surface area contributed by atoms with Crippen LogP contribution >= 0.6 is 0 Å². The highest BCUT2D eigenvalue weighted by Gasteiger charge is 2.07. The van der Waals surface area contributed by atoms with Gasteiger partial charge in [-0.05, 0) is 13.8 Å². The Morgan fingerprint density at radius 2 is 1.57 bits per heavy atom. The van der Waals surface area contributed by atoms with Crippen LogP contribution in [0, 0.1) is 0 Å². The molecule has 0 heterocycles. The highest BCUT2D eigenvalue weighted by atomic mass is 16.3. The molecule has 0 aliphatic rings. The maximum Gasteiger partial charge on any atom is 0.0821 e. The molecular weight excluding hydrogens is 96.0 g/mol. The summed E-state index contributed by atoms with van der Waals surface area (Å²) in [7, 11) is 0. The summed E-state index contributed by atoms with van der Waals surface area (Å²) in [6.45, 7) is 2.92. The summed E-state index contributed by atoms with van der Waals surface area (Å²) in [4.78, 5) is 0. The van der Waals surface area contributed by atoms with E-state index in [2.05, 4.69) is 0 Å². The van der Waals surface area contributed by atoms with Gasteiger partial charge in [-0.25, -0.2) is 0 Å². The van der Waals surface area contributed by atoms with Gasteiger partial charge in [0, 0.05) is 0 Å². The molecule has 7 heavy (non-hydrogen) atoms. The zero-order chi connectivity index (χ0) is 5.21. The molecule has 4 N–H and O–H groups in total. The molecule has 3 heteroatoms. The second-order valence-corrected chi connectivity index (χ2v) is 1.97. The molecule has 0 unspecified atom stereocenters. The van der Waals surface area contributed by atoms with Gasteiger partial charge < -0.3 is 15.7 Å². The van der Waals surface area contributed by atoms with E-state index >= 15 is 0 Å². The summed E-state index contributed by atoms with van der Waals surface area (Å²) in [5.74, 6) is 0. The van der Waals surface area contributed by atoms with Gasteiger partial charge >= 0.3 is 0 Å². The number of hydrogen-bond acceptors (Lipinski definition) is 2. The Bertz CT molecular complexity index is 36.7. The Balaban J connectivity index is 0. The van der Waals surface area contributed by atoms with Crippen LogP contribution in [0.15, 0.2) is 0 Å². The lowest BCUT2D eigenvalue weighted by Gasteiger charge is -2.10. The molecule has 0 aromatic carbocycles. The van der Waals surface area contributed by atoms with Crippen molar-refractivity contribution in [2.24, 2.45) is 0 Å². The second-order valence-electron chi connectivity index (χ2n) is 1.97. The first-order valence-electron chi connectivity index (χ1n) is 1.89. The normalized spacial score (nSPS) is 10.3. The minimum Gasteiger partial charge on any atom is -0.412 e. The highest BCUT2D eigenvalue weighted by molar-refractivity contribution is 4.59. The number of aliphatic hydroxyl groups is 2. The first-order chi connectivity index (χ1) is 2.56. The van der Waals surface area contributed by atoms with Crippen LogP contribution < -0.4 is 0 Å². The highest BCUT2D eigenvalue weighted by Crippen LogP contribution is 1.95. The van der Waals surface area contributed by atoms with Crippen LogP contribution in [0.2, 0.25) is 0 Å². The topological polar surface area (TPSA) is 72.0 Å². The minimum absolute atomic E-state index is 0. The van der Waals surface area contributed by atoms with E-state index in [4.69, 9.17) is 10.2 Å². The molecule has 0 rings (SSSR count). The molecule has 0 bridgehead atoms. The van der Waals surface area contributed by atoms with Crippen LogP contribution in [-0.2, 0) is 0 Å². The Labute approximate surface area is 42.9 Å². The van der Waals surface area contributed by atoms with Gasteiger partial charge in [0.25, 0.3) is 0 Å². The molecule has 0 aliphatic heterocycles. The molecule has 0 atom stereocenters. The summed E-state index contributed by atoms with van der Waals surface area (Å²) in [5, 5.41) is 16.7. The first-order valence-corrected chi connectivity index (χ1v) is 1.89. The quantitative estimate of drug-likeness (QED) is 0.448. The number of aliphatic hydroxyl groups excluding tert-OH is 1. The van der Waals surface area contributed by atoms with Gasteiger partial charge in [0.05, 0.1) is 12.2 Å². The third-order valence-electron chi connectivity index (χ3n) is 0.387. The fraction of sp³-hybridized carbons (Fsp3) is 1.00. The Morgan fingerprint density at radius 1 is 1.43 bits per heavy atom. The number of rotatable bonds is 1. The maximum atomic E-state index is 8.58. The fourth-order valence-corrected chi connectivity index (χ4v) is 0. The maximum absolute atomic E-state index is 8.58. The van der Waals surface area contributed by atoms with Crippen LogP contribution in [0.4, 0.5) is 0 Å².